The van der Waals surface area contributed by atoms with Crippen molar-refractivity contribution in [2.75, 3.05) is 14.1 Å². The summed E-state index contributed by atoms with van der Waals surface area (Å²) in [5.74, 6) is 0.432. The predicted octanol–water partition coefficient (Wildman–Crippen LogP) is 2.21. The number of nitrogens with two attached hydrogens (primary N) is 1. The smallest absolute Gasteiger partial charge is 0.310 e. The van der Waals surface area contributed by atoms with Gasteiger partial charge in [0.15, 0.2) is 5.96 Å². The minimum Gasteiger partial charge on any atom is -0.369 e. The summed E-state index contributed by atoms with van der Waals surface area (Å²) in [4.78, 5) is 23.1. The molecule has 1 fully saturated rings. The van der Waals surface area contributed by atoms with E-state index in [1.54, 1.807) is 25.0 Å². The second kappa shape index (κ2) is 6.23. The molecule has 1 saturated carbocycles. The number of amides is 1. The number of carbonyl (C=O) groups is 1. The number of aliphatic imine (C=N–C) groups is 1. The maximum atomic E-state index is 12.9. The first-order valence-corrected chi connectivity index (χ1v) is 9.07. The van der Waals surface area contributed by atoms with E-state index in [0.29, 0.717) is 5.92 Å². The SMILES string of the molecule is C[N+]#Cc1cccc(-n2cc([C@@]3(C)N=C(N)N(C)C(=O)[C@H]3C3CC3)cn2)c1. The summed E-state index contributed by atoms with van der Waals surface area (Å²) in [5.41, 5.74) is 8.01. The second-order valence-corrected chi connectivity index (χ2v) is 7.39. The Hall–Kier alpha value is -3.14. The number of carbonyl (C=O) groups excluding carboxylic acids is 1. The highest BCUT2D eigenvalue weighted by atomic mass is 16.2. The highest BCUT2D eigenvalue weighted by Crippen LogP contribution is 2.50. The number of hydrogen-bond donors (Lipinski definition) is 1. The normalized spacial score (nSPS) is 25.0. The summed E-state index contributed by atoms with van der Waals surface area (Å²) in [6.45, 7) is 1.99. The maximum Gasteiger partial charge on any atom is 0.310 e. The van der Waals surface area contributed by atoms with Crippen LogP contribution in [0.1, 0.15) is 30.9 Å². The molecule has 2 N–H and O–H groups in total. The molecule has 27 heavy (non-hydrogen) atoms. The molecule has 4 rings (SSSR count). The van der Waals surface area contributed by atoms with E-state index in [-0.39, 0.29) is 17.8 Å². The monoisotopic (exact) mass is 363 g/mol. The van der Waals surface area contributed by atoms with Gasteiger partial charge in [0.25, 0.3) is 7.05 Å². The minimum atomic E-state index is -0.707. The topological polar surface area (TPSA) is 80.9 Å². The molecule has 0 radical (unpaired) electrons. The van der Waals surface area contributed by atoms with Crippen molar-refractivity contribution < 1.29 is 4.79 Å². The Morgan fingerprint density at radius 3 is 2.85 bits per heavy atom. The van der Waals surface area contributed by atoms with Crippen LogP contribution < -0.4 is 5.73 Å². The fourth-order valence-electron chi connectivity index (χ4n) is 3.85. The molecular formula is C20H23N6O+. The van der Waals surface area contributed by atoms with Crippen molar-refractivity contribution in [3.05, 3.63) is 52.6 Å². The van der Waals surface area contributed by atoms with Crippen molar-refractivity contribution in [2.24, 2.45) is 22.6 Å². The van der Waals surface area contributed by atoms with Gasteiger partial charge < -0.3 is 5.73 Å². The lowest BCUT2D eigenvalue weighted by atomic mass is 9.76. The fraction of sp³-hybridized carbons (Fsp3) is 0.400. The Morgan fingerprint density at radius 2 is 2.15 bits per heavy atom. The molecule has 7 nitrogen and oxygen atoms in total. The van der Waals surface area contributed by atoms with Crippen LogP contribution in [-0.2, 0) is 10.3 Å². The lowest BCUT2D eigenvalue weighted by molar-refractivity contribution is -0.135. The molecule has 1 aliphatic heterocycles. The highest BCUT2D eigenvalue weighted by Gasteiger charge is 2.53. The van der Waals surface area contributed by atoms with Crippen LogP contribution in [0.5, 0.6) is 0 Å². The summed E-state index contributed by atoms with van der Waals surface area (Å²) >= 11 is 0. The Kier molecular flexibility index (Phi) is 3.99. The Labute approximate surface area is 158 Å². The number of aromatic nitrogens is 2. The number of rotatable bonds is 3. The van der Waals surface area contributed by atoms with Crippen LogP contribution in [0.4, 0.5) is 0 Å². The number of hydrogen-bond acceptors (Lipinski definition) is 4. The summed E-state index contributed by atoms with van der Waals surface area (Å²) in [7, 11) is 3.38. The van der Waals surface area contributed by atoms with Gasteiger partial charge in [0.2, 0.25) is 5.91 Å². The molecule has 1 aromatic heterocycles. The van der Waals surface area contributed by atoms with Gasteiger partial charge in [0, 0.05) is 18.8 Å². The van der Waals surface area contributed by atoms with Crippen LogP contribution in [0.25, 0.3) is 10.5 Å². The molecule has 0 saturated heterocycles. The molecule has 2 atom stereocenters. The number of guanidine groups is 1. The predicted molar refractivity (Wildman–Crippen MR) is 104 cm³/mol. The summed E-state index contributed by atoms with van der Waals surface area (Å²) in [6, 6.07) is 10.7. The van der Waals surface area contributed by atoms with Gasteiger partial charge in [0.1, 0.15) is 11.1 Å². The van der Waals surface area contributed by atoms with Gasteiger partial charge in [-0.1, -0.05) is 10.9 Å². The lowest BCUT2D eigenvalue weighted by Crippen LogP contribution is -2.54. The molecule has 2 aromatic rings. The van der Waals surface area contributed by atoms with Gasteiger partial charge in [0.05, 0.1) is 17.8 Å². The Balaban J connectivity index is 1.76. The average molecular weight is 363 g/mol. The Bertz CT molecular complexity index is 993. The number of nitrogens with zero attached hydrogens (tertiary/aromatic N) is 5. The van der Waals surface area contributed by atoms with Crippen molar-refractivity contribution in [2.45, 2.75) is 25.3 Å². The third-order valence-electron chi connectivity index (χ3n) is 5.50. The molecule has 7 heteroatoms. The van der Waals surface area contributed by atoms with Crippen molar-refractivity contribution in [3.63, 3.8) is 0 Å². The molecule has 0 spiro atoms. The van der Waals surface area contributed by atoms with Crippen LogP contribution in [0.2, 0.25) is 0 Å². The van der Waals surface area contributed by atoms with Crippen molar-refractivity contribution in [3.8, 4) is 11.8 Å². The molecule has 2 aliphatic rings. The largest absolute Gasteiger partial charge is 0.369 e. The first-order valence-electron chi connectivity index (χ1n) is 9.07. The van der Waals surface area contributed by atoms with Gasteiger partial charge >= 0.3 is 6.07 Å². The third-order valence-corrected chi connectivity index (χ3v) is 5.50. The van der Waals surface area contributed by atoms with Crippen LogP contribution >= 0.6 is 0 Å². The van der Waals surface area contributed by atoms with Gasteiger partial charge in [-0.2, -0.15) is 5.10 Å². The zero-order valence-corrected chi connectivity index (χ0v) is 15.8. The van der Waals surface area contributed by atoms with Gasteiger partial charge in [-0.25, -0.2) is 9.67 Å². The van der Waals surface area contributed by atoms with Crippen molar-refractivity contribution in [1.82, 2.24) is 14.7 Å². The van der Waals surface area contributed by atoms with Crippen LogP contribution in [0.15, 0.2) is 41.7 Å². The van der Waals surface area contributed by atoms with Gasteiger partial charge in [-0.3, -0.25) is 9.69 Å². The minimum absolute atomic E-state index is 0.0380. The second-order valence-electron chi connectivity index (χ2n) is 7.39. The van der Waals surface area contributed by atoms with Crippen LogP contribution in [-0.4, -0.2) is 40.6 Å². The van der Waals surface area contributed by atoms with E-state index in [0.717, 1.165) is 29.7 Å². The van der Waals surface area contributed by atoms with E-state index < -0.39 is 5.54 Å². The Morgan fingerprint density at radius 1 is 1.37 bits per heavy atom. The van der Waals surface area contributed by atoms with Gasteiger partial charge in [-0.15, -0.1) is 0 Å². The zero-order valence-electron chi connectivity index (χ0n) is 15.8. The number of benzene rings is 1. The molecule has 0 unspecified atom stereocenters. The molecule has 138 valence electrons. The van der Waals surface area contributed by atoms with Crippen molar-refractivity contribution >= 4 is 11.9 Å². The van der Waals surface area contributed by atoms with Crippen molar-refractivity contribution in [1.29, 1.82) is 0 Å². The highest BCUT2D eigenvalue weighted by molar-refractivity contribution is 6.00. The molecule has 1 aliphatic carbocycles. The summed E-state index contributed by atoms with van der Waals surface area (Å²) in [6.07, 6.45) is 5.83. The standard InChI is InChI=1S/C20H23N6O/c1-20(17(14-7-8-14)18(27)25(3)19(21)24-20)15-11-23-26(12-15)16-6-4-5-13(9-16)10-22-2/h4-6,9,11-12,14,17H,7-8H2,1-3H3,(H2,21,24)/q+1/t17-,20-/m1/s1. The third kappa shape index (κ3) is 2.87. The molecule has 0 bridgehead atoms. The van der Waals surface area contributed by atoms with E-state index in [1.807, 2.05) is 37.4 Å². The maximum absolute atomic E-state index is 12.9. The van der Waals surface area contributed by atoms with E-state index in [1.165, 1.54) is 4.90 Å². The van der Waals surface area contributed by atoms with Crippen LogP contribution in [0.3, 0.4) is 0 Å². The van der Waals surface area contributed by atoms with E-state index in [2.05, 4.69) is 16.0 Å². The molecular weight excluding hydrogens is 340 g/mol. The van der Waals surface area contributed by atoms with E-state index >= 15 is 0 Å². The first kappa shape index (κ1) is 17.3. The van der Waals surface area contributed by atoms with Crippen LogP contribution in [0, 0.1) is 17.9 Å². The lowest BCUT2D eigenvalue weighted by Gasteiger charge is -2.40. The zero-order chi connectivity index (χ0) is 19.2. The van der Waals surface area contributed by atoms with E-state index in [4.69, 9.17) is 10.7 Å². The fourth-order valence-corrected chi connectivity index (χ4v) is 3.85. The van der Waals surface area contributed by atoms with Gasteiger partial charge in [-0.05, 0) is 43.9 Å². The molecule has 1 aromatic carbocycles. The molecule has 1 amide bonds. The summed E-state index contributed by atoms with van der Waals surface area (Å²) in [5, 5.41) is 4.51. The summed E-state index contributed by atoms with van der Waals surface area (Å²) < 4.78 is 1.79. The quantitative estimate of drug-likeness (QED) is 0.908. The van der Waals surface area contributed by atoms with E-state index in [9.17, 15) is 4.79 Å². The molecule has 2 heterocycles. The average Bonchev–Trinajstić information content (AvgIpc) is 3.33. The first-order chi connectivity index (χ1) is 12.9.